The van der Waals surface area contributed by atoms with Crippen LogP contribution in [0.2, 0.25) is 0 Å². The van der Waals surface area contributed by atoms with E-state index in [1.54, 1.807) is 11.8 Å². The normalized spacial score (nSPS) is 12.1. The van der Waals surface area contributed by atoms with Crippen LogP contribution >= 0.6 is 11.8 Å². The van der Waals surface area contributed by atoms with Gasteiger partial charge in [-0.05, 0) is 58.1 Å². The molecule has 0 spiro atoms. The van der Waals surface area contributed by atoms with Gasteiger partial charge < -0.3 is 10.4 Å². The van der Waals surface area contributed by atoms with E-state index in [-0.39, 0.29) is 16.7 Å². The van der Waals surface area contributed by atoms with Crippen LogP contribution in [-0.4, -0.2) is 29.1 Å². The Balaban J connectivity index is 1.80. The summed E-state index contributed by atoms with van der Waals surface area (Å²) in [5.41, 5.74) is 4.33. The van der Waals surface area contributed by atoms with Gasteiger partial charge in [-0.2, -0.15) is 11.8 Å². The van der Waals surface area contributed by atoms with Crippen LogP contribution in [0.5, 0.6) is 5.75 Å². The van der Waals surface area contributed by atoms with E-state index in [1.165, 1.54) is 11.1 Å². The lowest BCUT2D eigenvalue weighted by Gasteiger charge is -2.28. The second kappa shape index (κ2) is 11.1. The third kappa shape index (κ3) is 8.25. The van der Waals surface area contributed by atoms with E-state index in [0.29, 0.717) is 18.0 Å². The molecule has 0 bridgehead atoms. The number of aryl methyl sites for hydroxylation is 1. The zero-order chi connectivity index (χ0) is 23.1. The van der Waals surface area contributed by atoms with Crippen molar-refractivity contribution in [3.05, 3.63) is 64.7 Å². The lowest BCUT2D eigenvalue weighted by molar-refractivity contribution is -0.118. The van der Waals surface area contributed by atoms with Crippen molar-refractivity contribution < 1.29 is 9.90 Å². The van der Waals surface area contributed by atoms with Gasteiger partial charge in [0, 0.05) is 6.54 Å². The number of thioether (sulfide) groups is 1. The molecule has 0 unspecified atom stereocenters. The van der Waals surface area contributed by atoms with Crippen molar-refractivity contribution in [1.82, 2.24) is 5.32 Å². The third-order valence-corrected chi connectivity index (χ3v) is 6.40. The SMILES string of the molecule is CC(C)(C)c1cc(CCCSCC(=O)NCCc2ccccc2)cc(C(C)(C)C)c1O. The molecule has 0 atom stereocenters. The molecule has 1 amide bonds. The van der Waals surface area contributed by atoms with E-state index in [0.717, 1.165) is 36.1 Å². The summed E-state index contributed by atoms with van der Waals surface area (Å²) in [4.78, 5) is 12.1. The van der Waals surface area contributed by atoms with Crippen molar-refractivity contribution >= 4 is 17.7 Å². The van der Waals surface area contributed by atoms with Crippen LogP contribution in [0.25, 0.3) is 0 Å². The molecule has 0 aromatic heterocycles. The number of hydrogen-bond donors (Lipinski definition) is 2. The molecular formula is C27H39NO2S. The summed E-state index contributed by atoms with van der Waals surface area (Å²) < 4.78 is 0. The summed E-state index contributed by atoms with van der Waals surface area (Å²) in [6.07, 6.45) is 2.83. The minimum absolute atomic E-state index is 0.104. The van der Waals surface area contributed by atoms with Crippen molar-refractivity contribution in [1.29, 1.82) is 0 Å². The lowest BCUT2D eigenvalue weighted by Crippen LogP contribution is -2.27. The Bertz CT molecular complexity index is 813. The van der Waals surface area contributed by atoms with Crippen LogP contribution in [0.15, 0.2) is 42.5 Å². The highest BCUT2D eigenvalue weighted by Crippen LogP contribution is 2.40. The Morgan fingerprint density at radius 3 is 2.03 bits per heavy atom. The fraction of sp³-hybridized carbons (Fsp3) is 0.519. The van der Waals surface area contributed by atoms with Gasteiger partial charge >= 0.3 is 0 Å². The Kier molecular flexibility index (Phi) is 9.05. The monoisotopic (exact) mass is 441 g/mol. The summed E-state index contributed by atoms with van der Waals surface area (Å²) in [7, 11) is 0. The quantitative estimate of drug-likeness (QED) is 0.468. The van der Waals surface area contributed by atoms with Gasteiger partial charge in [0.2, 0.25) is 5.91 Å². The van der Waals surface area contributed by atoms with Gasteiger partial charge in [0.15, 0.2) is 0 Å². The molecule has 2 aromatic rings. The molecule has 0 aliphatic carbocycles. The largest absolute Gasteiger partial charge is 0.507 e. The van der Waals surface area contributed by atoms with Crippen LogP contribution in [0.4, 0.5) is 0 Å². The Morgan fingerprint density at radius 2 is 1.48 bits per heavy atom. The Hall–Kier alpha value is -1.94. The van der Waals surface area contributed by atoms with Crippen LogP contribution in [0, 0.1) is 0 Å². The second-order valence-corrected chi connectivity index (χ2v) is 11.4. The Morgan fingerprint density at radius 1 is 0.903 bits per heavy atom. The summed E-state index contributed by atoms with van der Waals surface area (Å²) in [6, 6.07) is 14.5. The lowest BCUT2D eigenvalue weighted by atomic mass is 9.78. The molecule has 0 heterocycles. The number of benzene rings is 2. The molecule has 0 saturated heterocycles. The fourth-order valence-electron chi connectivity index (χ4n) is 3.57. The average molecular weight is 442 g/mol. The topological polar surface area (TPSA) is 49.3 Å². The predicted octanol–water partition coefficient (Wildman–Crippen LogP) is 6.01. The number of aromatic hydroxyl groups is 1. The number of phenols is 1. The van der Waals surface area contributed by atoms with Crippen LogP contribution < -0.4 is 5.32 Å². The summed E-state index contributed by atoms with van der Waals surface area (Å²) in [6.45, 7) is 13.5. The summed E-state index contributed by atoms with van der Waals surface area (Å²) in [5.74, 6) is 1.99. The predicted molar refractivity (Wildman–Crippen MR) is 134 cm³/mol. The first kappa shape index (κ1) is 25.3. The first-order chi connectivity index (χ1) is 14.5. The number of rotatable bonds is 9. The van der Waals surface area contributed by atoms with Crippen molar-refractivity contribution in [3.8, 4) is 5.75 Å². The van der Waals surface area contributed by atoms with E-state index in [1.807, 2.05) is 18.2 Å². The van der Waals surface area contributed by atoms with E-state index >= 15 is 0 Å². The number of hydrogen-bond acceptors (Lipinski definition) is 3. The fourth-order valence-corrected chi connectivity index (χ4v) is 4.35. The van der Waals surface area contributed by atoms with E-state index < -0.39 is 0 Å². The van der Waals surface area contributed by atoms with Gasteiger partial charge in [0.05, 0.1) is 5.75 Å². The molecular weight excluding hydrogens is 402 g/mol. The van der Waals surface area contributed by atoms with Crippen LogP contribution in [-0.2, 0) is 28.5 Å². The maximum absolute atomic E-state index is 12.1. The van der Waals surface area contributed by atoms with E-state index in [9.17, 15) is 9.90 Å². The van der Waals surface area contributed by atoms with Gasteiger partial charge in [-0.3, -0.25) is 4.79 Å². The molecule has 31 heavy (non-hydrogen) atoms. The summed E-state index contributed by atoms with van der Waals surface area (Å²) >= 11 is 1.69. The molecule has 0 aliphatic heterocycles. The standard InChI is InChI=1S/C27H39NO2S/c1-26(2,3)22-17-21(18-23(25(22)30)27(4,5)6)13-10-16-31-19-24(29)28-15-14-20-11-8-7-9-12-20/h7-9,11-12,17-18,30H,10,13-16,19H2,1-6H3,(H,28,29). The minimum Gasteiger partial charge on any atom is -0.507 e. The first-order valence-corrected chi connectivity index (χ1v) is 12.4. The smallest absolute Gasteiger partial charge is 0.230 e. The highest BCUT2D eigenvalue weighted by atomic mass is 32.2. The second-order valence-electron chi connectivity index (χ2n) is 10.3. The Labute approximate surface area is 193 Å². The van der Waals surface area contributed by atoms with Crippen molar-refractivity contribution in [2.75, 3.05) is 18.1 Å². The molecule has 0 fully saturated rings. The highest BCUT2D eigenvalue weighted by molar-refractivity contribution is 7.99. The van der Waals surface area contributed by atoms with Gasteiger partial charge in [-0.1, -0.05) is 84.0 Å². The molecule has 3 nitrogen and oxygen atoms in total. The van der Waals surface area contributed by atoms with E-state index in [2.05, 4.69) is 71.1 Å². The first-order valence-electron chi connectivity index (χ1n) is 11.2. The summed E-state index contributed by atoms with van der Waals surface area (Å²) in [5, 5.41) is 13.9. The number of amides is 1. The molecule has 170 valence electrons. The zero-order valence-corrected chi connectivity index (χ0v) is 20.9. The van der Waals surface area contributed by atoms with Crippen molar-refractivity contribution in [3.63, 3.8) is 0 Å². The number of phenolic OH excluding ortho intramolecular Hbond substituents is 1. The maximum atomic E-state index is 12.1. The number of nitrogens with one attached hydrogen (secondary N) is 1. The molecule has 0 aliphatic rings. The van der Waals surface area contributed by atoms with Crippen molar-refractivity contribution in [2.45, 2.75) is 71.6 Å². The zero-order valence-electron chi connectivity index (χ0n) is 20.0. The van der Waals surface area contributed by atoms with Gasteiger partial charge in [-0.15, -0.1) is 0 Å². The van der Waals surface area contributed by atoms with Crippen LogP contribution in [0.3, 0.4) is 0 Å². The number of carbonyl (C=O) groups excluding carboxylic acids is 1. The van der Waals surface area contributed by atoms with Gasteiger partial charge in [-0.25, -0.2) is 0 Å². The molecule has 0 radical (unpaired) electrons. The molecule has 4 heteroatoms. The molecule has 0 saturated carbocycles. The van der Waals surface area contributed by atoms with Gasteiger partial charge in [0.25, 0.3) is 0 Å². The average Bonchev–Trinajstić information content (AvgIpc) is 2.67. The molecule has 2 aromatic carbocycles. The number of carbonyl (C=O) groups is 1. The third-order valence-electron chi connectivity index (χ3n) is 5.35. The molecule has 2 rings (SSSR count). The minimum atomic E-state index is -0.104. The van der Waals surface area contributed by atoms with Gasteiger partial charge in [0.1, 0.15) is 5.75 Å². The van der Waals surface area contributed by atoms with Crippen molar-refractivity contribution in [2.24, 2.45) is 0 Å². The van der Waals surface area contributed by atoms with Crippen LogP contribution in [0.1, 0.15) is 70.2 Å². The van der Waals surface area contributed by atoms with E-state index in [4.69, 9.17) is 0 Å². The highest BCUT2D eigenvalue weighted by Gasteiger charge is 2.26. The maximum Gasteiger partial charge on any atom is 0.230 e. The molecule has 2 N–H and O–H groups in total.